The summed E-state index contributed by atoms with van der Waals surface area (Å²) in [5, 5.41) is 0. The highest BCUT2D eigenvalue weighted by molar-refractivity contribution is 5.25. The minimum atomic E-state index is 0.822. The third-order valence-corrected chi connectivity index (χ3v) is 2.34. The molecule has 0 spiro atoms. The number of nitrogens with one attached hydrogen (secondary N) is 1. The Labute approximate surface area is 85.9 Å². The van der Waals surface area contributed by atoms with Crippen molar-refractivity contribution in [2.75, 3.05) is 20.1 Å². The van der Waals surface area contributed by atoms with E-state index in [9.17, 15) is 0 Å². The number of nitrogens with zero attached hydrogens (tertiary/aromatic N) is 1. The molecule has 0 atom stereocenters. The third kappa shape index (κ3) is 3.46. The van der Waals surface area contributed by atoms with Crippen LogP contribution >= 0.6 is 0 Å². The average molecular weight is 193 g/mol. The predicted octanol–water partition coefficient (Wildman–Crippen LogP) is 0.890. The van der Waals surface area contributed by atoms with Gasteiger partial charge in [0.25, 0.3) is 0 Å². The van der Waals surface area contributed by atoms with Crippen LogP contribution in [-0.2, 0) is 6.54 Å². The van der Waals surface area contributed by atoms with Crippen LogP contribution in [0.15, 0.2) is 24.3 Å². The van der Waals surface area contributed by atoms with E-state index in [0.29, 0.717) is 0 Å². The second-order valence-electron chi connectivity index (χ2n) is 3.62. The number of hydrogen-bond acceptors (Lipinski definition) is 3. The molecule has 0 aliphatic heterocycles. The highest BCUT2D eigenvalue weighted by atomic mass is 15.2. The largest absolute Gasteiger partial charge is 0.301 e. The van der Waals surface area contributed by atoms with E-state index in [1.54, 1.807) is 0 Å². The summed E-state index contributed by atoms with van der Waals surface area (Å²) in [6, 6.07) is 8.46. The summed E-state index contributed by atoms with van der Waals surface area (Å²) in [6.45, 7) is 4.91. The monoisotopic (exact) mass is 193 g/mol. The van der Waals surface area contributed by atoms with E-state index in [0.717, 1.165) is 19.6 Å². The maximum Gasteiger partial charge on any atom is 0.0233 e. The van der Waals surface area contributed by atoms with Gasteiger partial charge in [-0.1, -0.05) is 24.3 Å². The van der Waals surface area contributed by atoms with Crippen LogP contribution in [0.1, 0.15) is 11.1 Å². The van der Waals surface area contributed by atoms with Crippen molar-refractivity contribution in [3.63, 3.8) is 0 Å². The molecule has 0 aromatic heterocycles. The first-order chi connectivity index (χ1) is 6.74. The molecule has 3 N–H and O–H groups in total. The van der Waals surface area contributed by atoms with Gasteiger partial charge >= 0.3 is 0 Å². The van der Waals surface area contributed by atoms with Crippen molar-refractivity contribution in [1.29, 1.82) is 0 Å². The Balaban J connectivity index is 2.47. The van der Waals surface area contributed by atoms with E-state index >= 15 is 0 Å². The number of hydrogen-bond donors (Lipinski definition) is 2. The van der Waals surface area contributed by atoms with E-state index in [1.807, 2.05) is 0 Å². The minimum absolute atomic E-state index is 0.822. The average Bonchev–Trinajstić information content (AvgIpc) is 2.18. The van der Waals surface area contributed by atoms with E-state index in [-0.39, 0.29) is 0 Å². The minimum Gasteiger partial charge on any atom is -0.301 e. The van der Waals surface area contributed by atoms with Gasteiger partial charge in [0.2, 0.25) is 0 Å². The molecule has 0 fully saturated rings. The normalized spacial score (nSPS) is 10.9. The number of rotatable bonds is 5. The van der Waals surface area contributed by atoms with Crippen molar-refractivity contribution in [1.82, 2.24) is 10.3 Å². The van der Waals surface area contributed by atoms with Crippen LogP contribution in [0.3, 0.4) is 0 Å². The summed E-state index contributed by atoms with van der Waals surface area (Å²) in [5.41, 5.74) is 5.39. The highest BCUT2D eigenvalue weighted by Gasteiger charge is 2.01. The molecule has 3 nitrogen and oxygen atoms in total. The predicted molar refractivity (Wildman–Crippen MR) is 59.7 cm³/mol. The summed E-state index contributed by atoms with van der Waals surface area (Å²) >= 11 is 0. The molecular formula is C11H19N3. The molecule has 0 heterocycles. The van der Waals surface area contributed by atoms with Crippen molar-refractivity contribution < 1.29 is 0 Å². The molecule has 0 radical (unpaired) electrons. The zero-order valence-electron chi connectivity index (χ0n) is 8.96. The number of likely N-dealkylation sites (N-methyl/N-ethyl adjacent to an activating group) is 1. The van der Waals surface area contributed by atoms with Crippen LogP contribution in [0.5, 0.6) is 0 Å². The summed E-state index contributed by atoms with van der Waals surface area (Å²) < 4.78 is 0. The fourth-order valence-corrected chi connectivity index (χ4v) is 1.41. The van der Waals surface area contributed by atoms with Gasteiger partial charge in [-0.3, -0.25) is 11.3 Å². The number of hydrazine groups is 1. The summed E-state index contributed by atoms with van der Waals surface area (Å²) in [5.74, 6) is 5.22. The molecule has 0 saturated heterocycles. The molecule has 1 aromatic carbocycles. The standard InChI is InChI=1S/C11H19N3/c1-10-5-3-4-6-11(10)9-14(2)8-7-13-12/h3-6,13H,7-9,12H2,1-2H3. The molecule has 1 aromatic rings. The van der Waals surface area contributed by atoms with Crippen molar-refractivity contribution in [3.05, 3.63) is 35.4 Å². The van der Waals surface area contributed by atoms with Crippen LogP contribution < -0.4 is 11.3 Å². The topological polar surface area (TPSA) is 41.3 Å². The SMILES string of the molecule is Cc1ccccc1CN(C)CCNN. The second-order valence-corrected chi connectivity index (χ2v) is 3.62. The maximum absolute atomic E-state index is 5.22. The molecule has 1 rings (SSSR count). The molecule has 0 amide bonds. The summed E-state index contributed by atoms with van der Waals surface area (Å²) in [4.78, 5) is 2.25. The van der Waals surface area contributed by atoms with Crippen molar-refractivity contribution >= 4 is 0 Å². The Kier molecular flexibility index (Phi) is 4.59. The summed E-state index contributed by atoms with van der Waals surface area (Å²) in [7, 11) is 2.10. The van der Waals surface area contributed by atoms with Gasteiger partial charge in [0.1, 0.15) is 0 Å². The molecule has 0 unspecified atom stereocenters. The Hall–Kier alpha value is -0.900. The van der Waals surface area contributed by atoms with Gasteiger partial charge in [0.05, 0.1) is 0 Å². The van der Waals surface area contributed by atoms with Crippen molar-refractivity contribution in [2.45, 2.75) is 13.5 Å². The second kappa shape index (κ2) is 5.75. The Morgan fingerprint density at radius 1 is 1.36 bits per heavy atom. The van der Waals surface area contributed by atoms with E-state index in [4.69, 9.17) is 5.84 Å². The van der Waals surface area contributed by atoms with Crippen LogP contribution in [0.25, 0.3) is 0 Å². The van der Waals surface area contributed by atoms with E-state index < -0.39 is 0 Å². The lowest BCUT2D eigenvalue weighted by molar-refractivity contribution is 0.325. The lowest BCUT2D eigenvalue weighted by Gasteiger charge is -2.17. The fraction of sp³-hybridized carbons (Fsp3) is 0.455. The first-order valence-electron chi connectivity index (χ1n) is 4.90. The first-order valence-corrected chi connectivity index (χ1v) is 4.90. The van der Waals surface area contributed by atoms with Gasteiger partial charge in [0, 0.05) is 19.6 Å². The Morgan fingerprint density at radius 2 is 2.07 bits per heavy atom. The quantitative estimate of drug-likeness (QED) is 0.539. The third-order valence-electron chi connectivity index (χ3n) is 2.34. The smallest absolute Gasteiger partial charge is 0.0233 e. The lowest BCUT2D eigenvalue weighted by Crippen LogP contribution is -2.32. The van der Waals surface area contributed by atoms with Crippen LogP contribution in [0.4, 0.5) is 0 Å². The fourth-order valence-electron chi connectivity index (χ4n) is 1.41. The van der Waals surface area contributed by atoms with Gasteiger partial charge in [0.15, 0.2) is 0 Å². The van der Waals surface area contributed by atoms with Gasteiger partial charge in [-0.15, -0.1) is 0 Å². The van der Waals surface area contributed by atoms with E-state index in [2.05, 4.69) is 48.6 Å². The zero-order chi connectivity index (χ0) is 10.4. The van der Waals surface area contributed by atoms with Gasteiger partial charge in [-0.2, -0.15) is 0 Å². The maximum atomic E-state index is 5.22. The van der Waals surface area contributed by atoms with Crippen molar-refractivity contribution in [2.24, 2.45) is 5.84 Å². The van der Waals surface area contributed by atoms with Crippen LogP contribution in [0, 0.1) is 6.92 Å². The van der Waals surface area contributed by atoms with Gasteiger partial charge < -0.3 is 4.90 Å². The van der Waals surface area contributed by atoms with Gasteiger partial charge in [-0.05, 0) is 25.1 Å². The zero-order valence-corrected chi connectivity index (χ0v) is 8.96. The van der Waals surface area contributed by atoms with E-state index in [1.165, 1.54) is 11.1 Å². The number of benzene rings is 1. The van der Waals surface area contributed by atoms with Crippen LogP contribution in [-0.4, -0.2) is 25.0 Å². The Morgan fingerprint density at radius 3 is 2.71 bits per heavy atom. The van der Waals surface area contributed by atoms with Crippen LogP contribution in [0.2, 0.25) is 0 Å². The molecule has 14 heavy (non-hydrogen) atoms. The molecule has 0 aliphatic carbocycles. The highest BCUT2D eigenvalue weighted by Crippen LogP contribution is 2.08. The molecular weight excluding hydrogens is 174 g/mol. The number of nitrogens with two attached hydrogens (primary N) is 1. The number of aryl methyl sites for hydroxylation is 1. The lowest BCUT2D eigenvalue weighted by atomic mass is 10.1. The molecule has 0 bridgehead atoms. The first kappa shape index (κ1) is 11.2. The molecule has 78 valence electrons. The summed E-state index contributed by atoms with van der Waals surface area (Å²) in [6.07, 6.45) is 0. The molecule has 0 saturated carbocycles. The van der Waals surface area contributed by atoms with Crippen molar-refractivity contribution in [3.8, 4) is 0 Å². The molecule has 0 aliphatic rings. The van der Waals surface area contributed by atoms with Gasteiger partial charge in [-0.25, -0.2) is 0 Å². The molecule has 3 heteroatoms. The Bertz CT molecular complexity index is 273.